The lowest BCUT2D eigenvalue weighted by atomic mass is 10.1. The van der Waals surface area contributed by atoms with Gasteiger partial charge in [-0.3, -0.25) is 4.79 Å². The van der Waals surface area contributed by atoms with Crippen LogP contribution in [-0.2, 0) is 21.4 Å². The van der Waals surface area contributed by atoms with Gasteiger partial charge in [-0.2, -0.15) is 5.10 Å². The minimum Gasteiger partial charge on any atom is -0.331 e. The van der Waals surface area contributed by atoms with Crippen molar-refractivity contribution in [1.29, 1.82) is 0 Å². The highest BCUT2D eigenvalue weighted by molar-refractivity contribution is 7.89. The molecule has 0 aromatic heterocycles. The van der Waals surface area contributed by atoms with Crippen molar-refractivity contribution < 1.29 is 18.1 Å². The molecule has 0 atom stereocenters. The molecule has 1 aliphatic rings. The van der Waals surface area contributed by atoms with Crippen molar-refractivity contribution in [2.24, 2.45) is 5.10 Å². The fourth-order valence-corrected chi connectivity index (χ4v) is 4.09. The predicted molar refractivity (Wildman–Crippen MR) is 107 cm³/mol. The molecule has 1 saturated heterocycles. The van der Waals surface area contributed by atoms with Crippen LogP contribution >= 0.6 is 0 Å². The number of rotatable bonds is 7. The zero-order valence-corrected chi connectivity index (χ0v) is 16.4. The highest BCUT2D eigenvalue weighted by atomic mass is 32.2. The molecule has 28 heavy (non-hydrogen) atoms. The molecule has 0 bridgehead atoms. The van der Waals surface area contributed by atoms with E-state index in [1.807, 2.05) is 18.2 Å². The van der Waals surface area contributed by atoms with Crippen LogP contribution in [0.15, 0.2) is 70.7 Å². The Labute approximate surface area is 165 Å². The van der Waals surface area contributed by atoms with E-state index in [1.165, 1.54) is 22.6 Å². The number of carbonyl (C=O) groups excluding carboxylic acids is 1. The molecule has 1 aliphatic heterocycles. The summed E-state index contributed by atoms with van der Waals surface area (Å²) in [4.78, 5) is 13.5. The average Bonchev–Trinajstić information content (AvgIpc) is 2.73. The molecule has 7 nitrogen and oxygen atoms in total. The summed E-state index contributed by atoms with van der Waals surface area (Å²) in [6.07, 6.45) is 1.64. The van der Waals surface area contributed by atoms with E-state index in [-0.39, 0.29) is 11.4 Å². The number of carbonyl (C=O) groups is 1. The van der Waals surface area contributed by atoms with E-state index in [0.717, 1.165) is 38.2 Å². The van der Waals surface area contributed by atoms with Crippen molar-refractivity contribution in [1.82, 2.24) is 10.1 Å². The highest BCUT2D eigenvalue weighted by Crippen LogP contribution is 2.06. The number of hydrogen-bond donors (Lipinski definition) is 3. The quantitative estimate of drug-likeness (QED) is 0.584. The van der Waals surface area contributed by atoms with Crippen LogP contribution in [0.5, 0.6) is 0 Å². The number of amides is 1. The van der Waals surface area contributed by atoms with Crippen LogP contribution in [0.25, 0.3) is 0 Å². The second-order valence-corrected chi connectivity index (χ2v) is 8.53. The molecule has 0 spiro atoms. The molecule has 8 heteroatoms. The normalized spacial score (nSPS) is 17.1. The Bertz CT molecular complexity index is 905. The van der Waals surface area contributed by atoms with Gasteiger partial charge in [0.05, 0.1) is 24.5 Å². The maximum atomic E-state index is 12.1. The molecule has 3 N–H and O–H groups in total. The summed E-state index contributed by atoms with van der Waals surface area (Å²) in [6.45, 7) is 2.57. The zero-order valence-electron chi connectivity index (χ0n) is 15.6. The van der Waals surface area contributed by atoms with Crippen LogP contribution in [0.1, 0.15) is 18.4 Å². The molecule has 3 rings (SSSR count). The van der Waals surface area contributed by atoms with Crippen molar-refractivity contribution >= 4 is 21.6 Å². The van der Waals surface area contributed by atoms with Crippen LogP contribution in [0.2, 0.25) is 0 Å². The average molecular weight is 402 g/mol. The maximum absolute atomic E-state index is 12.1. The molecule has 0 aliphatic carbocycles. The Balaban J connectivity index is 1.41. The summed E-state index contributed by atoms with van der Waals surface area (Å²) < 4.78 is 26.5. The zero-order chi connectivity index (χ0) is 19.8. The summed E-state index contributed by atoms with van der Waals surface area (Å²) in [6, 6.07) is 18.3. The summed E-state index contributed by atoms with van der Waals surface area (Å²) in [5.41, 5.74) is 4.71. The third kappa shape index (κ3) is 5.98. The number of likely N-dealkylation sites (tertiary alicyclic amines) is 1. The van der Waals surface area contributed by atoms with Crippen molar-refractivity contribution in [2.75, 3.05) is 19.6 Å². The van der Waals surface area contributed by atoms with Crippen molar-refractivity contribution in [3.8, 4) is 0 Å². The lowest BCUT2D eigenvalue weighted by Crippen LogP contribution is -3.11. The molecule has 2 aromatic rings. The number of hydrazone groups is 1. The van der Waals surface area contributed by atoms with Crippen molar-refractivity contribution in [3.05, 3.63) is 66.2 Å². The largest absolute Gasteiger partial charge is 0.331 e. The van der Waals surface area contributed by atoms with Gasteiger partial charge in [0.25, 0.3) is 5.91 Å². The van der Waals surface area contributed by atoms with E-state index in [0.29, 0.717) is 0 Å². The number of quaternary nitrogens is 1. The SMILES string of the molecule is O=C(CNS(=O)(=O)c1ccccc1)NN=C1CC[NH+](Cc2ccccc2)CC1. The molecule has 148 valence electrons. The maximum Gasteiger partial charge on any atom is 0.255 e. The van der Waals surface area contributed by atoms with Gasteiger partial charge in [-0.05, 0) is 12.1 Å². The molecule has 0 unspecified atom stereocenters. The van der Waals surface area contributed by atoms with Crippen molar-refractivity contribution in [3.63, 3.8) is 0 Å². The molecule has 1 amide bonds. The van der Waals surface area contributed by atoms with Crippen LogP contribution in [-0.4, -0.2) is 39.7 Å². The fourth-order valence-electron chi connectivity index (χ4n) is 3.09. The Kier molecular flexibility index (Phi) is 6.91. The minimum atomic E-state index is -3.70. The van der Waals surface area contributed by atoms with E-state index in [1.54, 1.807) is 18.2 Å². The van der Waals surface area contributed by atoms with E-state index < -0.39 is 15.9 Å². The molecule has 1 heterocycles. The monoisotopic (exact) mass is 401 g/mol. The summed E-state index contributed by atoms with van der Waals surface area (Å²) >= 11 is 0. The van der Waals surface area contributed by atoms with E-state index in [2.05, 4.69) is 27.4 Å². The van der Waals surface area contributed by atoms with Gasteiger partial charge in [0.2, 0.25) is 10.0 Å². The second kappa shape index (κ2) is 9.59. The minimum absolute atomic E-state index is 0.128. The number of hydrogen-bond acceptors (Lipinski definition) is 4. The lowest BCUT2D eigenvalue weighted by Gasteiger charge is -2.24. The standard InChI is InChI=1S/C20H24N4O3S/c25-20(15-21-28(26,27)19-9-5-2-6-10-19)23-22-18-11-13-24(14-12-18)16-17-7-3-1-4-8-17/h1-10,21H,11-16H2,(H,23,25)/p+1. The summed E-state index contributed by atoms with van der Waals surface area (Å²) in [5.74, 6) is -0.480. The van der Waals surface area contributed by atoms with E-state index in [9.17, 15) is 13.2 Å². The Morgan fingerprint density at radius 1 is 0.964 bits per heavy atom. The van der Waals surface area contributed by atoms with Gasteiger partial charge in [-0.25, -0.2) is 18.6 Å². The van der Waals surface area contributed by atoms with Crippen LogP contribution in [0.3, 0.4) is 0 Å². The highest BCUT2D eigenvalue weighted by Gasteiger charge is 2.19. The second-order valence-electron chi connectivity index (χ2n) is 6.76. The lowest BCUT2D eigenvalue weighted by molar-refractivity contribution is -0.914. The molecule has 2 aromatic carbocycles. The molecule has 0 radical (unpaired) electrons. The molecular weight excluding hydrogens is 376 g/mol. The summed E-state index contributed by atoms with van der Waals surface area (Å²) in [5, 5.41) is 4.17. The van der Waals surface area contributed by atoms with Gasteiger partial charge in [0.1, 0.15) is 6.54 Å². The number of sulfonamides is 1. The topological polar surface area (TPSA) is 92.1 Å². The van der Waals surface area contributed by atoms with Gasteiger partial charge >= 0.3 is 0 Å². The first kappa shape index (κ1) is 20.2. The van der Waals surface area contributed by atoms with Crippen molar-refractivity contribution in [2.45, 2.75) is 24.3 Å². The van der Waals surface area contributed by atoms with Crippen LogP contribution in [0, 0.1) is 0 Å². The Morgan fingerprint density at radius 2 is 1.57 bits per heavy atom. The third-order valence-corrected chi connectivity index (χ3v) is 6.06. The number of nitrogens with one attached hydrogen (secondary N) is 3. The van der Waals surface area contributed by atoms with E-state index in [4.69, 9.17) is 0 Å². The van der Waals surface area contributed by atoms with Crippen LogP contribution < -0.4 is 15.0 Å². The fraction of sp³-hybridized carbons (Fsp3) is 0.300. The number of nitrogens with zero attached hydrogens (tertiary/aromatic N) is 1. The van der Waals surface area contributed by atoms with Gasteiger partial charge in [-0.1, -0.05) is 48.5 Å². The molecular formula is C20H25N4O3S+. The van der Waals surface area contributed by atoms with E-state index >= 15 is 0 Å². The van der Waals surface area contributed by atoms with Gasteiger partial charge in [-0.15, -0.1) is 0 Å². The predicted octanol–water partition coefficient (Wildman–Crippen LogP) is 0.316. The first-order valence-electron chi connectivity index (χ1n) is 9.29. The van der Waals surface area contributed by atoms with Gasteiger partial charge < -0.3 is 4.90 Å². The first-order chi connectivity index (χ1) is 13.5. The third-order valence-electron chi connectivity index (χ3n) is 4.65. The smallest absolute Gasteiger partial charge is 0.255 e. The Morgan fingerprint density at radius 3 is 2.21 bits per heavy atom. The van der Waals surface area contributed by atoms with Crippen LogP contribution in [0.4, 0.5) is 0 Å². The molecule has 0 saturated carbocycles. The Hall–Kier alpha value is -2.55. The number of piperidine rings is 1. The molecule has 1 fully saturated rings. The first-order valence-corrected chi connectivity index (χ1v) is 10.8. The van der Waals surface area contributed by atoms with Gasteiger partial charge in [0, 0.05) is 24.1 Å². The van der Waals surface area contributed by atoms with Gasteiger partial charge in [0.15, 0.2) is 0 Å². The summed E-state index contributed by atoms with van der Waals surface area (Å²) in [7, 11) is -3.70. The number of benzene rings is 2.